The lowest BCUT2D eigenvalue weighted by atomic mass is 9.97. The van der Waals surface area contributed by atoms with Crippen molar-refractivity contribution in [2.24, 2.45) is 0 Å². The molecule has 26 heavy (non-hydrogen) atoms. The van der Waals surface area contributed by atoms with Crippen LogP contribution in [-0.4, -0.2) is 27.2 Å². The van der Waals surface area contributed by atoms with E-state index in [1.807, 2.05) is 29.7 Å². The number of rotatable bonds is 7. The summed E-state index contributed by atoms with van der Waals surface area (Å²) in [6.07, 6.45) is 8.63. The third kappa shape index (κ3) is 4.91. The van der Waals surface area contributed by atoms with Crippen molar-refractivity contribution >= 4 is 18.1 Å². The fourth-order valence-electron chi connectivity index (χ4n) is 3.33. The highest BCUT2D eigenvalue weighted by Gasteiger charge is 2.11. The molecule has 1 aromatic carbocycles. The van der Waals surface area contributed by atoms with Crippen LogP contribution in [0.1, 0.15) is 44.1 Å². The predicted octanol–water partition coefficient (Wildman–Crippen LogP) is 4.31. The number of allylic oxidation sites excluding steroid dienone is 1. The number of amides is 1. The number of nitrogens with zero attached hydrogens (tertiary/aromatic N) is 2. The van der Waals surface area contributed by atoms with E-state index in [4.69, 9.17) is 12.2 Å². The van der Waals surface area contributed by atoms with Gasteiger partial charge in [-0.2, -0.15) is 5.10 Å². The average molecular weight is 371 g/mol. The van der Waals surface area contributed by atoms with E-state index in [9.17, 15) is 4.79 Å². The zero-order valence-electron chi connectivity index (χ0n) is 15.3. The monoisotopic (exact) mass is 370 g/mol. The van der Waals surface area contributed by atoms with Crippen LogP contribution >= 0.6 is 12.2 Å². The van der Waals surface area contributed by atoms with Crippen LogP contribution in [0.4, 0.5) is 0 Å². The Hall–Kier alpha value is -2.21. The van der Waals surface area contributed by atoms with Gasteiger partial charge in [0.15, 0.2) is 10.6 Å². The number of benzene rings is 1. The molecular weight excluding hydrogens is 344 g/mol. The third-order valence-electron chi connectivity index (χ3n) is 4.75. The number of hydrogen-bond donors (Lipinski definition) is 2. The second kappa shape index (κ2) is 8.94. The topological polar surface area (TPSA) is 62.7 Å². The van der Waals surface area contributed by atoms with Gasteiger partial charge >= 0.3 is 0 Å². The first-order valence-corrected chi connectivity index (χ1v) is 9.71. The Kier molecular flexibility index (Phi) is 6.39. The Morgan fingerprint density at radius 2 is 2.27 bits per heavy atom. The second-order valence-corrected chi connectivity index (χ2v) is 7.22. The van der Waals surface area contributed by atoms with Gasteiger partial charge in [0, 0.05) is 25.1 Å². The molecule has 1 aliphatic carbocycles. The molecule has 2 aromatic rings. The normalized spacial score (nSPS) is 14.1. The number of aromatic amines is 1. The maximum Gasteiger partial charge on any atom is 0.221 e. The summed E-state index contributed by atoms with van der Waals surface area (Å²) in [7, 11) is 0. The SMILES string of the molecule is Cc1cccc(-c2n[nH]c(=S)n2CCC(=O)NCCC2=CCCCC2)c1. The number of aryl methyl sites for hydroxylation is 1. The molecule has 2 N–H and O–H groups in total. The van der Waals surface area contributed by atoms with Gasteiger partial charge in [0.25, 0.3) is 0 Å². The van der Waals surface area contributed by atoms with Gasteiger partial charge < -0.3 is 5.32 Å². The molecule has 0 spiro atoms. The summed E-state index contributed by atoms with van der Waals surface area (Å²) in [6, 6.07) is 8.12. The number of H-pyrrole nitrogens is 1. The van der Waals surface area contributed by atoms with Crippen molar-refractivity contribution in [3.8, 4) is 11.4 Å². The Bertz CT molecular complexity index is 849. The number of nitrogens with one attached hydrogen (secondary N) is 2. The minimum absolute atomic E-state index is 0.0553. The van der Waals surface area contributed by atoms with Crippen molar-refractivity contribution in [3.05, 3.63) is 46.2 Å². The van der Waals surface area contributed by atoms with Crippen molar-refractivity contribution in [2.45, 2.75) is 52.0 Å². The number of hydrogen-bond acceptors (Lipinski definition) is 3. The molecule has 0 aliphatic heterocycles. The molecule has 3 rings (SSSR count). The lowest BCUT2D eigenvalue weighted by Crippen LogP contribution is -2.26. The molecule has 0 saturated heterocycles. The summed E-state index contributed by atoms with van der Waals surface area (Å²) in [4.78, 5) is 12.2. The first-order chi connectivity index (χ1) is 12.6. The summed E-state index contributed by atoms with van der Waals surface area (Å²) >= 11 is 5.34. The van der Waals surface area contributed by atoms with Gasteiger partial charge in [-0.05, 0) is 57.3 Å². The molecule has 6 heteroatoms. The van der Waals surface area contributed by atoms with E-state index in [1.54, 1.807) is 0 Å². The van der Waals surface area contributed by atoms with Crippen molar-refractivity contribution in [1.29, 1.82) is 0 Å². The summed E-state index contributed by atoms with van der Waals surface area (Å²) in [6.45, 7) is 3.28. The first-order valence-electron chi connectivity index (χ1n) is 9.30. The van der Waals surface area contributed by atoms with E-state index in [2.05, 4.69) is 27.7 Å². The zero-order valence-corrected chi connectivity index (χ0v) is 16.1. The molecule has 0 unspecified atom stereocenters. The number of carbonyl (C=O) groups is 1. The van der Waals surface area contributed by atoms with Gasteiger partial charge in [-0.25, -0.2) is 0 Å². The largest absolute Gasteiger partial charge is 0.356 e. The van der Waals surface area contributed by atoms with E-state index in [0.29, 0.717) is 24.3 Å². The van der Waals surface area contributed by atoms with Crippen molar-refractivity contribution in [1.82, 2.24) is 20.1 Å². The molecule has 0 saturated carbocycles. The van der Waals surface area contributed by atoms with Crippen molar-refractivity contribution < 1.29 is 4.79 Å². The van der Waals surface area contributed by atoms with Crippen molar-refractivity contribution in [3.63, 3.8) is 0 Å². The molecule has 1 heterocycles. The number of aromatic nitrogens is 3. The summed E-state index contributed by atoms with van der Waals surface area (Å²) in [5.74, 6) is 0.832. The average Bonchev–Trinajstić information content (AvgIpc) is 3.01. The Morgan fingerprint density at radius 1 is 1.38 bits per heavy atom. The van der Waals surface area contributed by atoms with Gasteiger partial charge in [-0.3, -0.25) is 14.5 Å². The van der Waals surface area contributed by atoms with E-state index in [0.717, 1.165) is 23.4 Å². The molecule has 0 radical (unpaired) electrons. The van der Waals surface area contributed by atoms with Crippen LogP contribution < -0.4 is 5.32 Å². The highest BCUT2D eigenvalue weighted by molar-refractivity contribution is 7.71. The lowest BCUT2D eigenvalue weighted by Gasteiger charge is -2.13. The van der Waals surface area contributed by atoms with Gasteiger partial charge in [-0.15, -0.1) is 0 Å². The van der Waals surface area contributed by atoms with Gasteiger partial charge in [0.2, 0.25) is 5.91 Å². The maximum atomic E-state index is 12.2. The van der Waals surface area contributed by atoms with Gasteiger partial charge in [-0.1, -0.05) is 35.4 Å². The molecule has 0 atom stereocenters. The Morgan fingerprint density at radius 3 is 3.04 bits per heavy atom. The fraction of sp³-hybridized carbons (Fsp3) is 0.450. The standard InChI is InChI=1S/C20H26N4OS/c1-15-6-5-9-17(14-15)19-22-23-20(26)24(19)13-11-18(25)21-12-10-16-7-3-2-4-8-16/h5-7,9,14H,2-4,8,10-13H2,1H3,(H,21,25)(H,23,26). The Labute approximate surface area is 159 Å². The number of carbonyl (C=O) groups excluding carboxylic acids is 1. The van der Waals surface area contributed by atoms with Gasteiger partial charge in [0.05, 0.1) is 0 Å². The molecular formula is C20H26N4OS. The molecule has 0 bridgehead atoms. The van der Waals surface area contributed by atoms with E-state index in [1.165, 1.54) is 31.3 Å². The first kappa shape index (κ1) is 18.6. The molecule has 5 nitrogen and oxygen atoms in total. The fourth-order valence-corrected chi connectivity index (χ4v) is 3.55. The minimum atomic E-state index is 0.0553. The predicted molar refractivity (Wildman–Crippen MR) is 106 cm³/mol. The molecule has 1 amide bonds. The summed E-state index contributed by atoms with van der Waals surface area (Å²) in [5, 5.41) is 10.2. The molecule has 1 aromatic heterocycles. The van der Waals surface area contributed by atoms with Crippen LogP contribution in [0.5, 0.6) is 0 Å². The van der Waals surface area contributed by atoms with Crippen LogP contribution in [-0.2, 0) is 11.3 Å². The molecule has 0 fully saturated rings. The van der Waals surface area contributed by atoms with Gasteiger partial charge in [0.1, 0.15) is 0 Å². The summed E-state index contributed by atoms with van der Waals surface area (Å²) < 4.78 is 2.44. The van der Waals surface area contributed by atoms with E-state index >= 15 is 0 Å². The van der Waals surface area contributed by atoms with Crippen LogP contribution in [0.2, 0.25) is 0 Å². The van der Waals surface area contributed by atoms with Crippen LogP contribution in [0, 0.1) is 11.7 Å². The van der Waals surface area contributed by atoms with Crippen LogP contribution in [0.25, 0.3) is 11.4 Å². The Balaban J connectivity index is 1.54. The quantitative estimate of drug-likeness (QED) is 0.564. The highest BCUT2D eigenvalue weighted by atomic mass is 32.1. The van der Waals surface area contributed by atoms with E-state index in [-0.39, 0.29) is 5.91 Å². The third-order valence-corrected chi connectivity index (χ3v) is 5.06. The highest BCUT2D eigenvalue weighted by Crippen LogP contribution is 2.20. The van der Waals surface area contributed by atoms with E-state index < -0.39 is 0 Å². The second-order valence-electron chi connectivity index (χ2n) is 6.83. The summed E-state index contributed by atoms with van der Waals surface area (Å²) in [5.41, 5.74) is 3.65. The molecule has 1 aliphatic rings. The van der Waals surface area contributed by atoms with Crippen molar-refractivity contribution in [2.75, 3.05) is 6.54 Å². The molecule has 138 valence electrons. The zero-order chi connectivity index (χ0) is 18.4. The van der Waals surface area contributed by atoms with Crippen LogP contribution in [0.3, 0.4) is 0 Å². The maximum absolute atomic E-state index is 12.2. The smallest absolute Gasteiger partial charge is 0.221 e. The van der Waals surface area contributed by atoms with Crippen LogP contribution in [0.15, 0.2) is 35.9 Å². The lowest BCUT2D eigenvalue weighted by molar-refractivity contribution is -0.121. The minimum Gasteiger partial charge on any atom is -0.356 e.